The second kappa shape index (κ2) is 9.18. The molecule has 122 valence electrons. The molecule has 1 rings (SSSR count). The van der Waals surface area contributed by atoms with Crippen LogP contribution in [0.4, 0.5) is 0 Å². The van der Waals surface area contributed by atoms with Crippen LogP contribution >= 0.6 is 0 Å². The van der Waals surface area contributed by atoms with Gasteiger partial charge in [-0.2, -0.15) is 0 Å². The van der Waals surface area contributed by atoms with Crippen LogP contribution in [-0.2, 0) is 9.59 Å². The highest BCUT2D eigenvalue weighted by Crippen LogP contribution is 2.17. The van der Waals surface area contributed by atoms with Crippen molar-refractivity contribution in [3.05, 3.63) is 30.1 Å². The summed E-state index contributed by atoms with van der Waals surface area (Å²) in [6.45, 7) is 7.34. The van der Waals surface area contributed by atoms with Crippen LogP contribution in [0.1, 0.15) is 51.8 Å². The summed E-state index contributed by atoms with van der Waals surface area (Å²) in [5.41, 5.74) is 0.873. The predicted molar refractivity (Wildman–Crippen MR) is 87.2 cm³/mol. The van der Waals surface area contributed by atoms with Crippen molar-refractivity contribution in [3.63, 3.8) is 0 Å². The number of pyridine rings is 1. The zero-order chi connectivity index (χ0) is 16.5. The summed E-state index contributed by atoms with van der Waals surface area (Å²) in [4.78, 5) is 31.9. The number of rotatable bonds is 8. The highest BCUT2D eigenvalue weighted by atomic mass is 16.2. The molecule has 22 heavy (non-hydrogen) atoms. The second-order valence-corrected chi connectivity index (χ2v) is 5.35. The third-order valence-electron chi connectivity index (χ3n) is 3.99. The lowest BCUT2D eigenvalue weighted by atomic mass is 10.1. The Morgan fingerprint density at radius 3 is 2.32 bits per heavy atom. The lowest BCUT2D eigenvalue weighted by molar-refractivity contribution is -0.133. The number of amides is 2. The number of aromatic nitrogens is 1. The highest BCUT2D eigenvalue weighted by Gasteiger charge is 2.18. The molecular weight excluding hydrogens is 278 g/mol. The number of hydrogen-bond donors (Lipinski definition) is 0. The maximum absolute atomic E-state index is 12.2. The van der Waals surface area contributed by atoms with E-state index >= 15 is 0 Å². The molecule has 1 aromatic rings. The van der Waals surface area contributed by atoms with Gasteiger partial charge >= 0.3 is 0 Å². The molecule has 0 radical (unpaired) electrons. The first kappa shape index (κ1) is 18.1. The predicted octanol–water partition coefficient (Wildman–Crippen LogP) is 2.64. The fourth-order valence-electron chi connectivity index (χ4n) is 2.34. The maximum Gasteiger partial charge on any atom is 0.222 e. The Bertz CT molecular complexity index is 472. The van der Waals surface area contributed by atoms with Crippen molar-refractivity contribution >= 4 is 11.8 Å². The summed E-state index contributed by atoms with van der Waals surface area (Å²) in [6, 6.07) is 5.63. The van der Waals surface area contributed by atoms with Gasteiger partial charge in [-0.05, 0) is 39.3 Å². The van der Waals surface area contributed by atoms with E-state index < -0.39 is 0 Å². The minimum absolute atomic E-state index is 0.0468. The minimum Gasteiger partial charge on any atom is -0.343 e. The van der Waals surface area contributed by atoms with Gasteiger partial charge in [0.2, 0.25) is 11.8 Å². The molecular formula is C17H27N3O2. The molecule has 0 spiro atoms. The molecule has 0 aliphatic heterocycles. The van der Waals surface area contributed by atoms with Gasteiger partial charge in [-0.15, -0.1) is 0 Å². The van der Waals surface area contributed by atoms with Crippen molar-refractivity contribution in [1.29, 1.82) is 0 Å². The van der Waals surface area contributed by atoms with E-state index in [1.54, 1.807) is 23.0 Å². The molecule has 1 atom stereocenters. The smallest absolute Gasteiger partial charge is 0.222 e. The molecule has 0 saturated heterocycles. The van der Waals surface area contributed by atoms with Gasteiger partial charge in [-0.3, -0.25) is 14.6 Å². The third-order valence-corrected chi connectivity index (χ3v) is 3.99. The van der Waals surface area contributed by atoms with Crippen molar-refractivity contribution in [2.75, 3.05) is 20.1 Å². The van der Waals surface area contributed by atoms with Crippen LogP contribution in [-0.4, -0.2) is 46.7 Å². The second-order valence-electron chi connectivity index (χ2n) is 5.35. The molecule has 1 unspecified atom stereocenters. The topological polar surface area (TPSA) is 53.5 Å². The molecule has 0 fully saturated rings. The normalized spacial score (nSPS) is 11.8. The highest BCUT2D eigenvalue weighted by molar-refractivity contribution is 5.79. The number of nitrogens with zero attached hydrogens (tertiary/aromatic N) is 3. The summed E-state index contributed by atoms with van der Waals surface area (Å²) in [5, 5.41) is 0. The summed E-state index contributed by atoms with van der Waals surface area (Å²) < 4.78 is 0. The van der Waals surface area contributed by atoms with Gasteiger partial charge in [0, 0.05) is 39.2 Å². The van der Waals surface area contributed by atoms with Crippen LogP contribution in [0.3, 0.4) is 0 Å². The number of carbonyl (C=O) groups excluding carboxylic acids is 2. The SMILES string of the molecule is CCN(CC)C(=O)CCCC(=O)N(C)C(C)c1ccccn1. The van der Waals surface area contributed by atoms with Gasteiger partial charge in [0.25, 0.3) is 0 Å². The van der Waals surface area contributed by atoms with Gasteiger partial charge in [0.15, 0.2) is 0 Å². The summed E-state index contributed by atoms with van der Waals surface area (Å²) in [6.07, 6.45) is 3.14. The third kappa shape index (κ3) is 5.13. The fourth-order valence-corrected chi connectivity index (χ4v) is 2.34. The van der Waals surface area contributed by atoms with E-state index in [0.717, 1.165) is 18.8 Å². The fraction of sp³-hybridized carbons (Fsp3) is 0.588. The van der Waals surface area contributed by atoms with E-state index in [-0.39, 0.29) is 17.9 Å². The first-order valence-electron chi connectivity index (χ1n) is 7.95. The van der Waals surface area contributed by atoms with Crippen molar-refractivity contribution in [3.8, 4) is 0 Å². The maximum atomic E-state index is 12.2. The zero-order valence-electron chi connectivity index (χ0n) is 14.1. The standard InChI is InChI=1S/C17H27N3O2/c1-5-20(6-2)17(22)12-9-11-16(21)19(4)14(3)15-10-7-8-13-18-15/h7-8,10,13-14H,5-6,9,11-12H2,1-4H3. The molecule has 5 nitrogen and oxygen atoms in total. The van der Waals surface area contributed by atoms with E-state index in [0.29, 0.717) is 19.3 Å². The van der Waals surface area contributed by atoms with Crippen LogP contribution in [0.5, 0.6) is 0 Å². The van der Waals surface area contributed by atoms with Crippen molar-refractivity contribution in [2.45, 2.75) is 46.1 Å². The Morgan fingerprint density at radius 2 is 1.77 bits per heavy atom. The van der Waals surface area contributed by atoms with Crippen LogP contribution in [0.25, 0.3) is 0 Å². The van der Waals surface area contributed by atoms with Gasteiger partial charge < -0.3 is 9.80 Å². The lowest BCUT2D eigenvalue weighted by Gasteiger charge is -2.25. The van der Waals surface area contributed by atoms with E-state index in [9.17, 15) is 9.59 Å². The average molecular weight is 305 g/mol. The first-order chi connectivity index (χ1) is 10.5. The zero-order valence-corrected chi connectivity index (χ0v) is 14.1. The number of carbonyl (C=O) groups is 2. The molecule has 1 aromatic heterocycles. The van der Waals surface area contributed by atoms with Gasteiger partial charge in [-0.25, -0.2) is 0 Å². The Hall–Kier alpha value is -1.91. The van der Waals surface area contributed by atoms with E-state index in [1.807, 2.05) is 39.0 Å². The van der Waals surface area contributed by atoms with Crippen LogP contribution in [0.2, 0.25) is 0 Å². The quantitative estimate of drug-likeness (QED) is 0.742. The average Bonchev–Trinajstić information content (AvgIpc) is 2.55. The largest absolute Gasteiger partial charge is 0.343 e. The monoisotopic (exact) mass is 305 g/mol. The minimum atomic E-state index is -0.0628. The Balaban J connectivity index is 2.43. The Kier molecular flexibility index (Phi) is 7.57. The van der Waals surface area contributed by atoms with Gasteiger partial charge in [0.1, 0.15) is 0 Å². The summed E-state index contributed by atoms with van der Waals surface area (Å²) in [7, 11) is 1.79. The summed E-state index contributed by atoms with van der Waals surface area (Å²) in [5.74, 6) is 0.170. The van der Waals surface area contributed by atoms with Crippen LogP contribution < -0.4 is 0 Å². The van der Waals surface area contributed by atoms with Gasteiger partial charge in [-0.1, -0.05) is 6.07 Å². The van der Waals surface area contributed by atoms with E-state index in [2.05, 4.69) is 4.98 Å². The van der Waals surface area contributed by atoms with E-state index in [4.69, 9.17) is 0 Å². The Morgan fingerprint density at radius 1 is 1.14 bits per heavy atom. The molecule has 2 amide bonds. The molecule has 0 aliphatic rings. The van der Waals surface area contributed by atoms with Crippen LogP contribution in [0, 0.1) is 0 Å². The first-order valence-corrected chi connectivity index (χ1v) is 7.95. The van der Waals surface area contributed by atoms with Crippen molar-refractivity contribution in [2.24, 2.45) is 0 Å². The van der Waals surface area contributed by atoms with Crippen molar-refractivity contribution in [1.82, 2.24) is 14.8 Å². The molecule has 0 N–H and O–H groups in total. The number of hydrogen-bond acceptors (Lipinski definition) is 3. The van der Waals surface area contributed by atoms with Crippen LogP contribution in [0.15, 0.2) is 24.4 Å². The summed E-state index contributed by atoms with van der Waals surface area (Å²) >= 11 is 0. The molecule has 0 bridgehead atoms. The van der Waals surface area contributed by atoms with Gasteiger partial charge in [0.05, 0.1) is 11.7 Å². The molecule has 1 heterocycles. The molecule has 5 heteroatoms. The van der Waals surface area contributed by atoms with E-state index in [1.165, 1.54) is 0 Å². The molecule has 0 aliphatic carbocycles. The Labute approximate surface area is 133 Å². The lowest BCUT2D eigenvalue weighted by Crippen LogP contribution is -2.32. The molecule has 0 aromatic carbocycles. The molecule has 0 saturated carbocycles. The van der Waals surface area contributed by atoms with Crippen molar-refractivity contribution < 1.29 is 9.59 Å².